The fraction of sp³-hybridized carbons (Fsp3) is 0.500. The van der Waals surface area contributed by atoms with E-state index >= 15 is 0 Å². The first-order chi connectivity index (χ1) is 10.1. The molecule has 0 aromatic heterocycles. The van der Waals surface area contributed by atoms with Gasteiger partial charge in [-0.3, -0.25) is 9.59 Å². The fourth-order valence-corrected chi connectivity index (χ4v) is 2.62. The third-order valence-corrected chi connectivity index (χ3v) is 4.01. The van der Waals surface area contributed by atoms with Crippen molar-refractivity contribution >= 4 is 11.8 Å². The number of hydrogen-bond donors (Lipinski definition) is 2. The van der Waals surface area contributed by atoms with E-state index in [1.165, 1.54) is 6.42 Å². The first-order valence-electron chi connectivity index (χ1n) is 7.39. The monoisotopic (exact) mass is 289 g/mol. The molecule has 5 nitrogen and oxygen atoms in total. The first-order valence-corrected chi connectivity index (χ1v) is 7.39. The summed E-state index contributed by atoms with van der Waals surface area (Å²) in [6.45, 7) is 2.66. The standard InChI is InChI=1S/C16H23N3O2/c1-19(15(20)7-4-12-8-9-18-10-12)11-13-2-5-14(6-3-13)16(17)21/h2-3,5-6,12,18H,4,7-11H2,1H3,(H2,17,21). The smallest absolute Gasteiger partial charge is 0.248 e. The molecule has 21 heavy (non-hydrogen) atoms. The van der Waals surface area contributed by atoms with Crippen LogP contribution in [0, 0.1) is 5.92 Å². The second-order valence-electron chi connectivity index (χ2n) is 5.71. The number of primary amides is 1. The molecule has 1 fully saturated rings. The van der Waals surface area contributed by atoms with Crippen LogP contribution in [0.4, 0.5) is 0 Å². The number of carbonyl (C=O) groups is 2. The van der Waals surface area contributed by atoms with E-state index in [2.05, 4.69) is 5.32 Å². The Bertz CT molecular complexity index is 493. The summed E-state index contributed by atoms with van der Waals surface area (Å²) in [5, 5.41) is 3.32. The van der Waals surface area contributed by atoms with E-state index in [0.717, 1.165) is 25.1 Å². The fourth-order valence-electron chi connectivity index (χ4n) is 2.62. The van der Waals surface area contributed by atoms with Crippen LogP contribution in [-0.4, -0.2) is 36.9 Å². The quantitative estimate of drug-likeness (QED) is 0.824. The normalized spacial score (nSPS) is 17.7. The summed E-state index contributed by atoms with van der Waals surface area (Å²) in [4.78, 5) is 24.9. The Balaban J connectivity index is 1.80. The summed E-state index contributed by atoms with van der Waals surface area (Å²) >= 11 is 0. The summed E-state index contributed by atoms with van der Waals surface area (Å²) in [7, 11) is 1.82. The lowest BCUT2D eigenvalue weighted by Crippen LogP contribution is -2.26. The van der Waals surface area contributed by atoms with E-state index in [0.29, 0.717) is 24.4 Å². The van der Waals surface area contributed by atoms with E-state index in [1.54, 1.807) is 17.0 Å². The average Bonchev–Trinajstić information content (AvgIpc) is 2.98. The number of benzene rings is 1. The van der Waals surface area contributed by atoms with E-state index in [1.807, 2.05) is 19.2 Å². The van der Waals surface area contributed by atoms with Gasteiger partial charge in [-0.25, -0.2) is 0 Å². The van der Waals surface area contributed by atoms with Gasteiger partial charge in [0, 0.05) is 25.6 Å². The van der Waals surface area contributed by atoms with Crippen molar-refractivity contribution in [3.63, 3.8) is 0 Å². The predicted octanol–water partition coefficient (Wildman–Crippen LogP) is 1.13. The van der Waals surface area contributed by atoms with E-state index in [9.17, 15) is 9.59 Å². The van der Waals surface area contributed by atoms with E-state index in [4.69, 9.17) is 5.73 Å². The van der Waals surface area contributed by atoms with Crippen molar-refractivity contribution in [2.45, 2.75) is 25.8 Å². The highest BCUT2D eigenvalue weighted by atomic mass is 16.2. The molecule has 0 bridgehead atoms. The van der Waals surface area contributed by atoms with Crippen LogP contribution >= 0.6 is 0 Å². The molecule has 0 radical (unpaired) electrons. The maximum atomic E-state index is 12.1. The topological polar surface area (TPSA) is 75.4 Å². The largest absolute Gasteiger partial charge is 0.366 e. The van der Waals surface area contributed by atoms with Crippen molar-refractivity contribution in [1.29, 1.82) is 0 Å². The number of nitrogens with two attached hydrogens (primary N) is 1. The molecule has 2 rings (SSSR count). The zero-order chi connectivity index (χ0) is 15.2. The molecule has 1 aromatic rings. The van der Waals surface area contributed by atoms with Gasteiger partial charge in [0.1, 0.15) is 0 Å². The second kappa shape index (κ2) is 7.22. The SMILES string of the molecule is CN(Cc1ccc(C(N)=O)cc1)C(=O)CCC1CCNC1. The molecular formula is C16H23N3O2. The summed E-state index contributed by atoms with van der Waals surface area (Å²) in [5.41, 5.74) is 6.69. The van der Waals surface area contributed by atoms with Gasteiger partial charge in [0.2, 0.25) is 11.8 Å². The Morgan fingerprint density at radius 2 is 2.05 bits per heavy atom. The Morgan fingerprint density at radius 3 is 2.62 bits per heavy atom. The molecule has 3 N–H and O–H groups in total. The third kappa shape index (κ3) is 4.56. The molecule has 1 atom stereocenters. The Morgan fingerprint density at radius 1 is 1.33 bits per heavy atom. The van der Waals surface area contributed by atoms with Gasteiger partial charge >= 0.3 is 0 Å². The van der Waals surface area contributed by atoms with Crippen molar-refractivity contribution in [2.24, 2.45) is 11.7 Å². The van der Waals surface area contributed by atoms with Gasteiger partial charge in [-0.2, -0.15) is 0 Å². The maximum Gasteiger partial charge on any atom is 0.248 e. The highest BCUT2D eigenvalue weighted by Gasteiger charge is 2.17. The highest BCUT2D eigenvalue weighted by molar-refractivity contribution is 5.92. The molecule has 1 saturated heterocycles. The van der Waals surface area contributed by atoms with Crippen molar-refractivity contribution in [1.82, 2.24) is 10.2 Å². The minimum absolute atomic E-state index is 0.167. The van der Waals surface area contributed by atoms with E-state index < -0.39 is 5.91 Å². The van der Waals surface area contributed by atoms with Crippen molar-refractivity contribution in [3.05, 3.63) is 35.4 Å². The van der Waals surface area contributed by atoms with Gasteiger partial charge in [-0.05, 0) is 49.5 Å². The summed E-state index contributed by atoms with van der Waals surface area (Å²) in [6.07, 6.45) is 2.73. The van der Waals surface area contributed by atoms with Crippen LogP contribution in [0.3, 0.4) is 0 Å². The van der Waals surface area contributed by atoms with Crippen LogP contribution in [0.25, 0.3) is 0 Å². The molecule has 1 aliphatic heterocycles. The molecule has 0 spiro atoms. The lowest BCUT2D eigenvalue weighted by Gasteiger charge is -2.18. The van der Waals surface area contributed by atoms with Crippen molar-refractivity contribution < 1.29 is 9.59 Å². The number of nitrogens with one attached hydrogen (secondary N) is 1. The number of amides is 2. The first kappa shape index (κ1) is 15.5. The molecule has 5 heteroatoms. The van der Waals surface area contributed by atoms with Crippen molar-refractivity contribution in [2.75, 3.05) is 20.1 Å². The van der Waals surface area contributed by atoms with Crippen LogP contribution in [0.1, 0.15) is 35.2 Å². The average molecular weight is 289 g/mol. The molecule has 0 aliphatic carbocycles. The second-order valence-corrected chi connectivity index (χ2v) is 5.71. The third-order valence-electron chi connectivity index (χ3n) is 4.01. The van der Waals surface area contributed by atoms with Gasteiger partial charge in [0.15, 0.2) is 0 Å². The molecule has 1 heterocycles. The summed E-state index contributed by atoms with van der Waals surface area (Å²) in [5.74, 6) is 0.370. The lowest BCUT2D eigenvalue weighted by molar-refractivity contribution is -0.130. The minimum atomic E-state index is -0.434. The summed E-state index contributed by atoms with van der Waals surface area (Å²) in [6, 6.07) is 7.07. The van der Waals surface area contributed by atoms with Gasteiger partial charge in [-0.15, -0.1) is 0 Å². The molecule has 2 amide bonds. The molecular weight excluding hydrogens is 266 g/mol. The van der Waals surface area contributed by atoms with Crippen LogP contribution in [0.5, 0.6) is 0 Å². The zero-order valence-electron chi connectivity index (χ0n) is 12.5. The molecule has 0 saturated carbocycles. The lowest BCUT2D eigenvalue weighted by atomic mass is 10.0. The Hall–Kier alpha value is -1.88. The van der Waals surface area contributed by atoms with Crippen LogP contribution < -0.4 is 11.1 Å². The van der Waals surface area contributed by atoms with Gasteiger partial charge in [0.25, 0.3) is 0 Å². The molecule has 1 aliphatic rings. The van der Waals surface area contributed by atoms with Gasteiger partial charge < -0.3 is 16.0 Å². The molecule has 114 valence electrons. The molecule has 1 unspecified atom stereocenters. The number of rotatable bonds is 6. The predicted molar refractivity (Wildman–Crippen MR) is 81.6 cm³/mol. The minimum Gasteiger partial charge on any atom is -0.366 e. The van der Waals surface area contributed by atoms with Crippen LogP contribution in [-0.2, 0) is 11.3 Å². The zero-order valence-corrected chi connectivity index (χ0v) is 12.5. The van der Waals surface area contributed by atoms with Gasteiger partial charge in [0.05, 0.1) is 0 Å². The maximum absolute atomic E-state index is 12.1. The van der Waals surface area contributed by atoms with Crippen molar-refractivity contribution in [3.8, 4) is 0 Å². The van der Waals surface area contributed by atoms with Crippen LogP contribution in [0.15, 0.2) is 24.3 Å². The van der Waals surface area contributed by atoms with Gasteiger partial charge in [-0.1, -0.05) is 12.1 Å². The Labute approximate surface area is 125 Å². The number of nitrogens with zero attached hydrogens (tertiary/aromatic N) is 1. The van der Waals surface area contributed by atoms with Crippen LogP contribution in [0.2, 0.25) is 0 Å². The molecule has 1 aromatic carbocycles. The highest BCUT2D eigenvalue weighted by Crippen LogP contribution is 2.15. The van der Waals surface area contributed by atoms with E-state index in [-0.39, 0.29) is 5.91 Å². The number of carbonyl (C=O) groups excluding carboxylic acids is 2. The summed E-state index contributed by atoms with van der Waals surface area (Å²) < 4.78 is 0. The number of hydrogen-bond acceptors (Lipinski definition) is 3. The Kier molecular flexibility index (Phi) is 5.33.